The fourth-order valence-electron chi connectivity index (χ4n) is 4.68. The first-order chi connectivity index (χ1) is 16.9. The van der Waals surface area contributed by atoms with Crippen LogP contribution in [0.25, 0.3) is 0 Å². The second-order valence-electron chi connectivity index (χ2n) is 9.55. The molecule has 0 radical (unpaired) electrons. The van der Waals surface area contributed by atoms with Crippen LogP contribution in [0.2, 0.25) is 36.3 Å². The van der Waals surface area contributed by atoms with Gasteiger partial charge in [-0.15, -0.1) is 11.4 Å². The van der Waals surface area contributed by atoms with Crippen molar-refractivity contribution in [1.29, 1.82) is 0 Å². The Bertz CT molecular complexity index is 819. The lowest BCUT2D eigenvalue weighted by atomic mass is 10.4. The first kappa shape index (κ1) is 30.2. The van der Waals surface area contributed by atoms with Gasteiger partial charge in [0.1, 0.15) is 0 Å². The zero-order valence-electron chi connectivity index (χ0n) is 23.1. The molecule has 0 amide bonds. The monoisotopic (exact) mass is 556 g/mol. The van der Waals surface area contributed by atoms with Gasteiger partial charge in [-0.25, -0.2) is 0 Å². The minimum atomic E-state index is -2.30. The molecule has 2 aromatic carbocycles. The van der Waals surface area contributed by atoms with Crippen LogP contribution in [0.15, 0.2) is 83.5 Å². The molecule has 0 aliphatic heterocycles. The first-order valence-electron chi connectivity index (χ1n) is 13.8. The summed E-state index contributed by atoms with van der Waals surface area (Å²) in [5.74, 6) is 0. The van der Waals surface area contributed by atoms with E-state index in [0.29, 0.717) is 0 Å². The van der Waals surface area contributed by atoms with Crippen LogP contribution in [-0.2, 0) is 8.23 Å². The Morgan fingerprint density at radius 2 is 0.886 bits per heavy atom. The topological polar surface area (TPSA) is 18.5 Å². The molecule has 35 heavy (non-hydrogen) atoms. The molecule has 0 bridgehead atoms. The Morgan fingerprint density at radius 3 is 1.17 bits per heavy atom. The second kappa shape index (κ2) is 15.2. The molecule has 192 valence electrons. The Balaban J connectivity index is 2.25. The SMILES string of the molecule is CC[Si](C=C[SiH2]c1ccccc1)(CC)O[Si](CC)(CC)O[Si](C=C[SiH2]c1ccccc1)(CC)CC. The maximum Gasteiger partial charge on any atom is 0.317 e. The molecule has 0 heterocycles. The van der Waals surface area contributed by atoms with Crippen molar-refractivity contribution in [3.05, 3.63) is 83.5 Å². The third-order valence-electron chi connectivity index (χ3n) is 7.49. The number of rotatable bonds is 16. The van der Waals surface area contributed by atoms with Crippen LogP contribution in [0.1, 0.15) is 41.5 Å². The van der Waals surface area contributed by atoms with E-state index in [-0.39, 0.29) is 0 Å². The summed E-state index contributed by atoms with van der Waals surface area (Å²) < 4.78 is 14.8. The molecular weight excluding hydrogens is 509 g/mol. The minimum absolute atomic E-state index is 0.404. The van der Waals surface area contributed by atoms with Gasteiger partial charge in [-0.1, -0.05) is 124 Å². The summed E-state index contributed by atoms with van der Waals surface area (Å²) in [6.45, 7) is 14.0. The molecule has 0 N–H and O–H groups in total. The Labute approximate surface area is 223 Å². The second-order valence-corrected chi connectivity index (χ2v) is 25.6. The fraction of sp³-hybridized carbons (Fsp3) is 0.429. The van der Waals surface area contributed by atoms with Gasteiger partial charge in [-0.2, -0.15) is 0 Å². The zero-order chi connectivity index (χ0) is 25.6. The number of hydrogen-bond acceptors (Lipinski definition) is 2. The van der Waals surface area contributed by atoms with Crippen LogP contribution in [-0.4, -0.2) is 44.2 Å². The molecule has 0 saturated carbocycles. The van der Waals surface area contributed by atoms with E-state index in [1.807, 2.05) is 0 Å². The van der Waals surface area contributed by atoms with Gasteiger partial charge < -0.3 is 8.23 Å². The average Bonchev–Trinajstić information content (AvgIpc) is 2.92. The minimum Gasteiger partial charge on any atom is -0.432 e. The quantitative estimate of drug-likeness (QED) is 0.252. The summed E-state index contributed by atoms with van der Waals surface area (Å²) >= 11 is 0. The van der Waals surface area contributed by atoms with E-state index in [4.69, 9.17) is 8.23 Å². The highest BCUT2D eigenvalue weighted by atomic mass is 28.5. The van der Waals surface area contributed by atoms with Gasteiger partial charge in [0.15, 0.2) is 0 Å². The molecule has 0 aromatic heterocycles. The third-order valence-corrected chi connectivity index (χ3v) is 26.1. The molecule has 0 atom stereocenters. The standard InChI is InChI=1S/C28H48O2Si5/c1-7-33(8-2,25-23-31-27-19-15-13-16-20-27)29-35(11-5,12-6)30-34(9-3,10-4)26-24-32-28-21-17-14-18-22-28/h13-26H,7-12,31-32H2,1-6H3. The molecule has 0 aliphatic rings. The van der Waals surface area contributed by atoms with E-state index in [1.165, 1.54) is 10.4 Å². The molecular formula is C28H48O2Si5. The molecule has 0 unspecified atom stereocenters. The largest absolute Gasteiger partial charge is 0.432 e. The zero-order valence-corrected chi connectivity index (χ0v) is 28.9. The van der Waals surface area contributed by atoms with E-state index in [1.54, 1.807) is 0 Å². The summed E-state index contributed by atoms with van der Waals surface area (Å²) in [7, 11) is -7.09. The molecule has 0 saturated heterocycles. The van der Waals surface area contributed by atoms with Gasteiger partial charge in [0.05, 0.1) is 19.0 Å². The molecule has 2 rings (SSSR count). The summed E-state index contributed by atoms with van der Waals surface area (Å²) in [5.41, 5.74) is 10.1. The molecule has 0 aliphatic carbocycles. The lowest BCUT2D eigenvalue weighted by Gasteiger charge is -2.44. The smallest absolute Gasteiger partial charge is 0.317 e. The normalized spacial score (nSPS) is 13.9. The summed E-state index contributed by atoms with van der Waals surface area (Å²) in [4.78, 5) is 0. The van der Waals surface area contributed by atoms with Crippen LogP contribution in [0, 0.1) is 0 Å². The predicted molar refractivity (Wildman–Crippen MR) is 170 cm³/mol. The lowest BCUT2D eigenvalue weighted by molar-refractivity contribution is 0.370. The van der Waals surface area contributed by atoms with E-state index in [0.717, 1.165) is 36.3 Å². The maximum absolute atomic E-state index is 7.39. The van der Waals surface area contributed by atoms with E-state index in [2.05, 4.69) is 125 Å². The summed E-state index contributed by atoms with van der Waals surface area (Å²) in [5, 5.41) is 3.00. The van der Waals surface area contributed by atoms with E-state index in [9.17, 15) is 0 Å². The van der Waals surface area contributed by atoms with Crippen molar-refractivity contribution in [3.8, 4) is 0 Å². The Hall–Kier alpha value is -1.08. The molecule has 0 fully saturated rings. The highest BCUT2D eigenvalue weighted by Gasteiger charge is 2.47. The number of benzene rings is 2. The number of hydrogen-bond donors (Lipinski definition) is 0. The first-order valence-corrected chi connectivity index (χ1v) is 23.8. The van der Waals surface area contributed by atoms with Gasteiger partial charge in [0.2, 0.25) is 16.6 Å². The fourth-order valence-corrected chi connectivity index (χ4v) is 24.8. The van der Waals surface area contributed by atoms with Gasteiger partial charge in [0.25, 0.3) is 0 Å². The van der Waals surface area contributed by atoms with Crippen molar-refractivity contribution < 1.29 is 8.23 Å². The van der Waals surface area contributed by atoms with Gasteiger partial charge in [-0.3, -0.25) is 0 Å². The van der Waals surface area contributed by atoms with Crippen LogP contribution in [0.4, 0.5) is 0 Å². The van der Waals surface area contributed by atoms with Crippen LogP contribution >= 0.6 is 0 Å². The molecule has 2 aromatic rings. The van der Waals surface area contributed by atoms with Crippen molar-refractivity contribution in [1.82, 2.24) is 0 Å². The van der Waals surface area contributed by atoms with Crippen molar-refractivity contribution in [3.63, 3.8) is 0 Å². The van der Waals surface area contributed by atoms with E-state index >= 15 is 0 Å². The maximum atomic E-state index is 7.39. The Morgan fingerprint density at radius 1 is 0.543 bits per heavy atom. The van der Waals surface area contributed by atoms with Gasteiger partial charge in [0, 0.05) is 0 Å². The van der Waals surface area contributed by atoms with Crippen molar-refractivity contribution in [2.24, 2.45) is 0 Å². The van der Waals surface area contributed by atoms with Gasteiger partial charge in [-0.05, 0) is 36.3 Å². The third kappa shape index (κ3) is 9.07. The van der Waals surface area contributed by atoms with Crippen molar-refractivity contribution >= 4 is 54.6 Å². The highest BCUT2D eigenvalue weighted by Crippen LogP contribution is 2.34. The Kier molecular flexibility index (Phi) is 13.1. The summed E-state index contributed by atoms with van der Waals surface area (Å²) in [6, 6.07) is 28.5. The summed E-state index contributed by atoms with van der Waals surface area (Å²) in [6.07, 6.45) is 0. The molecule has 7 heteroatoms. The average molecular weight is 557 g/mol. The van der Waals surface area contributed by atoms with Crippen LogP contribution in [0.3, 0.4) is 0 Å². The van der Waals surface area contributed by atoms with Crippen molar-refractivity contribution in [2.75, 3.05) is 0 Å². The van der Waals surface area contributed by atoms with Crippen LogP contribution < -0.4 is 10.4 Å². The predicted octanol–water partition coefficient (Wildman–Crippen LogP) is 5.57. The van der Waals surface area contributed by atoms with Crippen molar-refractivity contribution in [2.45, 2.75) is 77.8 Å². The highest BCUT2D eigenvalue weighted by molar-refractivity contribution is 6.93. The van der Waals surface area contributed by atoms with Gasteiger partial charge >= 0.3 is 8.56 Å². The van der Waals surface area contributed by atoms with Crippen LogP contribution in [0.5, 0.6) is 0 Å². The molecule has 0 spiro atoms. The lowest BCUT2D eigenvalue weighted by Crippen LogP contribution is -2.57. The van der Waals surface area contributed by atoms with E-state index < -0.39 is 44.2 Å². The molecule has 2 nitrogen and oxygen atoms in total.